The van der Waals surface area contributed by atoms with Crippen LogP contribution >= 0.6 is 0 Å². The quantitative estimate of drug-likeness (QED) is 0.0111. The summed E-state index contributed by atoms with van der Waals surface area (Å²) in [4.78, 5) is 278. The van der Waals surface area contributed by atoms with Gasteiger partial charge < -0.3 is 160 Å². The molecule has 0 aliphatic carbocycles. The molecule has 5 rings (SSSR count). The fraction of sp³-hybridized carbons (Fsp3) is 0.589. The van der Waals surface area contributed by atoms with E-state index in [1.807, 2.05) is 0 Å². The SMILES string of the molecule is CC[C@H](C)[C@H](NC(=O)[C@H](CCCNC(=N)N)NC(=O)[C@@H](NC(=O)[C@H](Cc1ccccc1)NC(=O)[C@H](CCCNC(=N)N)NC(=O)[C@H](CC(N)=O)NC(=O)[C@H](CCCNC(=N)N)NC(=O)[C@@H]1CCCN1C(=O)CNC(=O)[C@H](CO)NC(=O)[C@H](Cc1c[nH]c2ccccc12)NC(=O)[C@H](C)NC(=O)[C@H](CC(C)C)NC(=O)[C@H](CC(C)C)NC(=O)[C@@H](NC(=O)CNC(=O)[C@H](CO)NC(=O)[C@@H](N)Cc1cnc[nH]1)[C@@H](C)CC)C(C)C)C(=O)O. The number of amides is 18. The first kappa shape index (κ1) is 123. The number of nitrogens with two attached hydrogens (primary N) is 5. The van der Waals surface area contributed by atoms with E-state index < -0.39 is 271 Å². The van der Waals surface area contributed by atoms with Crippen molar-refractivity contribution < 1.29 is 106 Å². The molecule has 1 fully saturated rings. The minimum Gasteiger partial charge on any atom is -0.480 e. The molecule has 148 heavy (non-hydrogen) atoms. The second-order valence-electron chi connectivity index (χ2n) is 37.8. The number of fused-ring (bicyclic) bond motifs is 1. The van der Waals surface area contributed by atoms with Gasteiger partial charge in [0, 0.05) is 74.4 Å². The van der Waals surface area contributed by atoms with Gasteiger partial charge in [-0.1, -0.05) is 131 Å². The van der Waals surface area contributed by atoms with E-state index >= 15 is 0 Å². The zero-order valence-electron chi connectivity index (χ0n) is 85.4. The number of aromatic nitrogens is 3. The fourth-order valence-corrected chi connectivity index (χ4v) is 15.9. The molecule has 18 amide bonds. The summed E-state index contributed by atoms with van der Waals surface area (Å²) in [7, 11) is 0. The summed E-state index contributed by atoms with van der Waals surface area (Å²) in [6, 6.07) is -8.63. The first-order valence-corrected chi connectivity index (χ1v) is 49.4. The van der Waals surface area contributed by atoms with Crippen LogP contribution in [-0.2, 0) is 110 Å². The molecule has 3 heterocycles. The third-order valence-electron chi connectivity index (χ3n) is 24.5. The lowest BCUT2D eigenvalue weighted by atomic mass is 9.96. The number of nitrogens with zero attached hydrogens (tertiary/aromatic N) is 2. The van der Waals surface area contributed by atoms with Crippen LogP contribution in [0.2, 0.25) is 0 Å². The van der Waals surface area contributed by atoms with Crippen LogP contribution in [0.15, 0.2) is 73.3 Å². The molecule has 0 radical (unpaired) electrons. The number of H-pyrrole nitrogens is 2. The number of aromatic amines is 2. The largest absolute Gasteiger partial charge is 0.480 e. The number of primary amides is 1. The highest BCUT2D eigenvalue weighted by Gasteiger charge is 2.42. The zero-order valence-corrected chi connectivity index (χ0v) is 85.4. The Morgan fingerprint density at radius 1 is 0.446 bits per heavy atom. The molecule has 53 nitrogen and oxygen atoms in total. The van der Waals surface area contributed by atoms with Crippen LogP contribution in [0.1, 0.15) is 176 Å². The van der Waals surface area contributed by atoms with Crippen LogP contribution in [0.5, 0.6) is 0 Å². The highest BCUT2D eigenvalue weighted by molar-refractivity contribution is 6.02. The molecule has 1 aliphatic heterocycles. The van der Waals surface area contributed by atoms with E-state index in [1.54, 1.807) is 130 Å². The second kappa shape index (κ2) is 62.6. The molecular formula is C95H151N31O22. The van der Waals surface area contributed by atoms with E-state index in [4.69, 9.17) is 44.9 Å². The van der Waals surface area contributed by atoms with E-state index in [9.17, 15) is 106 Å². The van der Waals surface area contributed by atoms with Gasteiger partial charge in [0.2, 0.25) is 106 Å². The minimum atomic E-state index is -1.93. The van der Waals surface area contributed by atoms with Crippen molar-refractivity contribution in [2.75, 3.05) is 52.5 Å². The molecule has 1 saturated heterocycles. The van der Waals surface area contributed by atoms with Crippen molar-refractivity contribution in [3.63, 3.8) is 0 Å². The van der Waals surface area contributed by atoms with Gasteiger partial charge in [0.25, 0.3) is 0 Å². The van der Waals surface area contributed by atoms with E-state index in [1.165, 1.54) is 19.4 Å². The molecule has 53 heteroatoms. The predicted molar refractivity (Wildman–Crippen MR) is 542 cm³/mol. The summed E-state index contributed by atoms with van der Waals surface area (Å²) < 4.78 is 0. The average Bonchev–Trinajstić information content (AvgIpc) is 1.61. The molecule has 1 aliphatic rings. The van der Waals surface area contributed by atoms with Crippen molar-refractivity contribution in [1.29, 1.82) is 16.2 Å². The number of aliphatic hydroxyl groups excluding tert-OH is 2. The highest BCUT2D eigenvalue weighted by Crippen LogP contribution is 2.23. The molecule has 818 valence electrons. The lowest BCUT2D eigenvalue weighted by Gasteiger charge is -2.29. The predicted octanol–water partition coefficient (Wildman–Crippen LogP) is -7.15. The lowest BCUT2D eigenvalue weighted by Crippen LogP contribution is -2.61. The van der Waals surface area contributed by atoms with Crippen molar-refractivity contribution in [3.05, 3.63) is 90.1 Å². The van der Waals surface area contributed by atoms with Crippen LogP contribution in [0.3, 0.4) is 0 Å². The van der Waals surface area contributed by atoms with Crippen LogP contribution < -0.4 is 130 Å². The topological polar surface area (TPSA) is 863 Å². The Morgan fingerprint density at radius 3 is 1.40 bits per heavy atom. The normalized spacial score (nSPS) is 15.7. The molecule has 0 saturated carbocycles. The van der Waals surface area contributed by atoms with Gasteiger partial charge in [-0.2, -0.15) is 0 Å². The minimum absolute atomic E-state index is 0.0101. The number of aliphatic carboxylic acids is 1. The average molecular weight is 2080 g/mol. The Balaban J connectivity index is 1.31. The van der Waals surface area contributed by atoms with E-state index in [0.29, 0.717) is 40.6 Å². The zero-order chi connectivity index (χ0) is 110. The number of nitrogens with one attached hydrogen (secondary N) is 24. The second-order valence-corrected chi connectivity index (χ2v) is 37.8. The molecule has 18 atom stereocenters. The van der Waals surface area contributed by atoms with Gasteiger partial charge in [0.15, 0.2) is 17.9 Å². The van der Waals surface area contributed by atoms with Gasteiger partial charge >= 0.3 is 5.97 Å². The molecule has 0 spiro atoms. The summed E-state index contributed by atoms with van der Waals surface area (Å²) in [5.74, 6) is -22.2. The number of likely N-dealkylation sites (tertiary alicyclic amines) is 1. The number of carbonyl (C=O) groups excluding carboxylic acids is 18. The van der Waals surface area contributed by atoms with E-state index in [2.05, 4.69) is 116 Å². The number of rotatable bonds is 65. The van der Waals surface area contributed by atoms with Gasteiger partial charge in [-0.15, -0.1) is 0 Å². The number of aliphatic hydroxyl groups is 2. The number of hydrogen-bond donors (Lipinski definition) is 32. The summed E-state index contributed by atoms with van der Waals surface area (Å²) >= 11 is 0. The first-order chi connectivity index (χ1) is 70.0. The molecule has 2 aromatic heterocycles. The van der Waals surface area contributed by atoms with E-state index in [-0.39, 0.29) is 127 Å². The maximum atomic E-state index is 14.9. The Morgan fingerprint density at radius 2 is 0.878 bits per heavy atom. The number of hydrogen-bond acceptors (Lipinski definition) is 26. The van der Waals surface area contributed by atoms with Gasteiger partial charge in [-0.3, -0.25) is 103 Å². The van der Waals surface area contributed by atoms with Gasteiger partial charge in [-0.25, -0.2) is 9.78 Å². The van der Waals surface area contributed by atoms with Gasteiger partial charge in [-0.05, 0) is 118 Å². The van der Waals surface area contributed by atoms with Crippen molar-refractivity contribution in [3.8, 4) is 0 Å². The van der Waals surface area contributed by atoms with Crippen molar-refractivity contribution >= 4 is 141 Å². The third kappa shape index (κ3) is 42.1. The number of carbonyl (C=O) groups is 19. The molecular weight excluding hydrogens is 1930 g/mol. The Labute approximate surface area is 857 Å². The van der Waals surface area contributed by atoms with Gasteiger partial charge in [0.05, 0.1) is 45.1 Å². The fourth-order valence-electron chi connectivity index (χ4n) is 15.9. The summed E-state index contributed by atoms with van der Waals surface area (Å²) in [5.41, 5.74) is 30.4. The summed E-state index contributed by atoms with van der Waals surface area (Å²) in [5, 5.41) is 103. The first-order valence-electron chi connectivity index (χ1n) is 49.4. The molecule has 0 unspecified atom stereocenters. The number of imidazole rings is 1. The van der Waals surface area contributed by atoms with E-state index in [0.717, 1.165) is 4.90 Å². The number of carboxylic acids is 1. The van der Waals surface area contributed by atoms with Gasteiger partial charge in [0.1, 0.15) is 90.6 Å². The standard InChI is InChI=1S/C95H151N31O22/c1-12-51(9)75(123-72(130)43-109-79(134)68(45-127)121-78(133)58(96)39-56-42-104-47-111-56)91(146)120-64(36-49(5)6)85(140)117-63(35-48(3)4)84(139)112-53(11)77(132)116-66(38-55-41-108-59-26-18-17-25-57(55)59)86(141)122-69(46-128)80(135)110-44-73(131)126-34-22-30-70(126)89(144)114-61(28-20-32-106-94(100)101)82(137)119-67(40-71(97)129)87(142)113-60(27-19-31-105-93(98)99)81(136)118-65(37-54-23-15-14-16-24-54)88(143)124-74(50(7)8)90(145)115-62(29-21-33-107-95(102)103)83(138)125-76(92(147)148)52(10)13-2/h14-18,23-26,41-42,47-53,58,60-70,74-76,108,127-128H,12-13,19-22,27-40,43-46,96H2,1-11H3,(H2,97,129)(H,104,111)(H,109,134)(H,110,135)(H,112,139)(H,113,142)(H,114,144)(H,115,145)(H,116,132)(H,117,140)(H,118,136)(H,119,137)(H,120,146)(H,121,133)(H,122,141)(H,123,130)(H,124,143)(H,125,138)(H,147,148)(H4,98,99,105)(H4,100,101,106)(H4,102,103,107)/t51-,52-,53-,58-,60-,61-,62-,63-,64-,65-,66-,67-,68-,69-,70-,74-,75-,76-/m0/s1. The Kier molecular flexibility index (Phi) is 52.1. The number of guanidine groups is 3. The third-order valence-corrected chi connectivity index (χ3v) is 24.5. The van der Waals surface area contributed by atoms with Crippen LogP contribution in [0.25, 0.3) is 10.9 Å². The number of para-hydroxylation sites is 1. The molecule has 37 N–H and O–H groups in total. The molecule has 0 bridgehead atoms. The molecule has 4 aromatic rings. The maximum Gasteiger partial charge on any atom is 0.326 e. The number of carboxylic acid groups (broad SMARTS) is 1. The van der Waals surface area contributed by atoms with Crippen molar-refractivity contribution in [1.82, 2.24) is 121 Å². The highest BCUT2D eigenvalue weighted by atomic mass is 16.4. The summed E-state index contributed by atoms with van der Waals surface area (Å²) in [6.07, 6.45) is 3.30. The molecule has 2 aromatic carbocycles. The van der Waals surface area contributed by atoms with Crippen LogP contribution in [0.4, 0.5) is 0 Å². The van der Waals surface area contributed by atoms with Crippen LogP contribution in [0, 0.1) is 45.8 Å². The van der Waals surface area contributed by atoms with Crippen molar-refractivity contribution in [2.45, 2.75) is 276 Å². The Bertz CT molecular complexity index is 5180. The summed E-state index contributed by atoms with van der Waals surface area (Å²) in [6.45, 7) is 14.6. The smallest absolute Gasteiger partial charge is 0.326 e. The van der Waals surface area contributed by atoms with Crippen molar-refractivity contribution in [2.24, 2.45) is 58.3 Å². The lowest BCUT2D eigenvalue weighted by molar-refractivity contribution is -0.144. The Hall–Kier alpha value is -15.2. The van der Waals surface area contributed by atoms with Crippen LogP contribution in [-0.4, -0.2) is 315 Å². The number of benzene rings is 2. The maximum absolute atomic E-state index is 14.9. The monoisotopic (exact) mass is 2080 g/mol.